The maximum absolute atomic E-state index is 12.0. The van der Waals surface area contributed by atoms with E-state index in [-0.39, 0.29) is 18.9 Å². The normalized spacial score (nSPS) is 13.4. The summed E-state index contributed by atoms with van der Waals surface area (Å²) in [6.07, 6.45) is 0.846. The summed E-state index contributed by atoms with van der Waals surface area (Å²) in [7, 11) is 0. The van der Waals surface area contributed by atoms with Crippen LogP contribution >= 0.6 is 0 Å². The highest BCUT2D eigenvalue weighted by atomic mass is 16.5. The van der Waals surface area contributed by atoms with E-state index in [1.54, 1.807) is 0 Å². The number of benzene rings is 2. The molecule has 2 aromatic carbocycles. The Labute approximate surface area is 145 Å². The van der Waals surface area contributed by atoms with Crippen molar-refractivity contribution in [1.82, 2.24) is 5.32 Å². The fourth-order valence-corrected chi connectivity index (χ4v) is 3.17. The lowest BCUT2D eigenvalue weighted by Crippen LogP contribution is -2.41. The molecule has 25 heavy (non-hydrogen) atoms. The van der Waals surface area contributed by atoms with Gasteiger partial charge < -0.3 is 15.2 Å². The molecule has 0 radical (unpaired) electrons. The first-order valence-corrected chi connectivity index (χ1v) is 8.07. The van der Waals surface area contributed by atoms with Gasteiger partial charge in [0.25, 0.3) is 0 Å². The van der Waals surface area contributed by atoms with Gasteiger partial charge in [-0.2, -0.15) is 0 Å². The zero-order valence-electron chi connectivity index (χ0n) is 13.6. The molecule has 1 unspecified atom stereocenters. The van der Waals surface area contributed by atoms with Gasteiger partial charge in [0.1, 0.15) is 12.6 Å². The standard InChI is InChI=1S/C20H19NO4/c1-2-7-18(19(22)23)21-20(24)25-12-17-15-10-5-3-8-13(15)14-9-4-6-11-16(14)17/h2-6,8-11,17-18H,1,7,12H2,(H,21,24)(H,22,23). The van der Waals surface area contributed by atoms with Crippen molar-refractivity contribution < 1.29 is 19.4 Å². The van der Waals surface area contributed by atoms with Crippen molar-refractivity contribution in [2.24, 2.45) is 0 Å². The van der Waals surface area contributed by atoms with Gasteiger partial charge in [0.15, 0.2) is 0 Å². The topological polar surface area (TPSA) is 75.6 Å². The van der Waals surface area contributed by atoms with Crippen LogP contribution in [0.2, 0.25) is 0 Å². The van der Waals surface area contributed by atoms with Crippen molar-refractivity contribution in [3.05, 3.63) is 72.3 Å². The minimum absolute atomic E-state index is 0.0548. The van der Waals surface area contributed by atoms with Gasteiger partial charge >= 0.3 is 12.1 Å². The number of carboxylic acid groups (broad SMARTS) is 1. The van der Waals surface area contributed by atoms with Crippen LogP contribution in [0.15, 0.2) is 61.2 Å². The number of ether oxygens (including phenoxy) is 1. The Balaban J connectivity index is 1.72. The number of rotatable bonds is 6. The number of aliphatic carboxylic acids is 1. The maximum Gasteiger partial charge on any atom is 0.407 e. The third kappa shape index (κ3) is 3.40. The highest BCUT2D eigenvalue weighted by Crippen LogP contribution is 2.44. The molecule has 5 heteroatoms. The molecule has 0 bridgehead atoms. The summed E-state index contributed by atoms with van der Waals surface area (Å²) in [4.78, 5) is 23.1. The molecular weight excluding hydrogens is 318 g/mol. The molecule has 1 aliphatic rings. The van der Waals surface area contributed by atoms with Crippen molar-refractivity contribution in [3.8, 4) is 11.1 Å². The van der Waals surface area contributed by atoms with Crippen molar-refractivity contribution >= 4 is 12.1 Å². The molecule has 1 aliphatic carbocycles. The number of alkyl carbamates (subject to hydrolysis) is 1. The van der Waals surface area contributed by atoms with Gasteiger partial charge in [-0.15, -0.1) is 6.58 Å². The van der Waals surface area contributed by atoms with E-state index in [1.807, 2.05) is 36.4 Å². The van der Waals surface area contributed by atoms with Gasteiger partial charge in [-0.1, -0.05) is 54.6 Å². The second kappa shape index (κ2) is 7.21. The molecule has 0 saturated carbocycles. The number of carbonyl (C=O) groups is 2. The predicted octanol–water partition coefficient (Wildman–Crippen LogP) is 3.55. The molecule has 2 aromatic rings. The molecule has 1 amide bonds. The number of amides is 1. The van der Waals surface area contributed by atoms with E-state index in [2.05, 4.69) is 24.0 Å². The van der Waals surface area contributed by atoms with Crippen LogP contribution in [0, 0.1) is 0 Å². The third-order valence-corrected chi connectivity index (χ3v) is 4.34. The van der Waals surface area contributed by atoms with Crippen LogP contribution in [0.1, 0.15) is 23.5 Å². The molecule has 2 N–H and O–H groups in total. The first-order chi connectivity index (χ1) is 12.1. The summed E-state index contributed by atoms with van der Waals surface area (Å²) in [6.45, 7) is 3.65. The van der Waals surface area contributed by atoms with E-state index in [4.69, 9.17) is 9.84 Å². The van der Waals surface area contributed by atoms with Crippen LogP contribution in [0.4, 0.5) is 4.79 Å². The van der Waals surface area contributed by atoms with Crippen LogP contribution in [0.25, 0.3) is 11.1 Å². The number of nitrogens with one attached hydrogen (secondary N) is 1. The predicted molar refractivity (Wildman–Crippen MR) is 94.4 cm³/mol. The van der Waals surface area contributed by atoms with E-state index in [0.717, 1.165) is 22.3 Å². The molecule has 128 valence electrons. The lowest BCUT2D eigenvalue weighted by Gasteiger charge is -2.16. The Morgan fingerprint density at radius 2 is 1.68 bits per heavy atom. The largest absolute Gasteiger partial charge is 0.480 e. The molecule has 1 atom stereocenters. The number of hydrogen-bond acceptors (Lipinski definition) is 3. The van der Waals surface area contributed by atoms with Gasteiger partial charge in [0, 0.05) is 5.92 Å². The van der Waals surface area contributed by atoms with Crippen LogP contribution in [-0.2, 0) is 9.53 Å². The van der Waals surface area contributed by atoms with E-state index < -0.39 is 18.1 Å². The Hall–Kier alpha value is -3.08. The molecule has 0 heterocycles. The molecule has 5 nitrogen and oxygen atoms in total. The summed E-state index contributed by atoms with van der Waals surface area (Å²) < 4.78 is 5.32. The molecule has 0 aromatic heterocycles. The van der Waals surface area contributed by atoms with Gasteiger partial charge in [0.05, 0.1) is 0 Å². The van der Waals surface area contributed by atoms with Gasteiger partial charge in [-0.25, -0.2) is 9.59 Å². The Morgan fingerprint density at radius 1 is 1.12 bits per heavy atom. The second-order valence-corrected chi connectivity index (χ2v) is 5.89. The summed E-state index contributed by atoms with van der Waals surface area (Å²) in [5, 5.41) is 11.4. The van der Waals surface area contributed by atoms with Gasteiger partial charge in [0.2, 0.25) is 0 Å². The fraction of sp³-hybridized carbons (Fsp3) is 0.200. The zero-order valence-corrected chi connectivity index (χ0v) is 13.6. The number of carboxylic acids is 1. The van der Waals surface area contributed by atoms with Gasteiger partial charge in [-0.05, 0) is 28.7 Å². The molecule has 3 rings (SSSR count). The Kier molecular flexibility index (Phi) is 4.84. The van der Waals surface area contributed by atoms with Crippen LogP contribution < -0.4 is 5.32 Å². The molecule has 0 spiro atoms. The zero-order chi connectivity index (χ0) is 17.8. The average Bonchev–Trinajstić information content (AvgIpc) is 2.93. The maximum atomic E-state index is 12.0. The van der Waals surface area contributed by atoms with Crippen molar-refractivity contribution in [2.75, 3.05) is 6.61 Å². The van der Waals surface area contributed by atoms with Crippen LogP contribution in [0.3, 0.4) is 0 Å². The average molecular weight is 337 g/mol. The fourth-order valence-electron chi connectivity index (χ4n) is 3.17. The summed E-state index contributed by atoms with van der Waals surface area (Å²) in [6, 6.07) is 15.0. The van der Waals surface area contributed by atoms with Crippen molar-refractivity contribution in [3.63, 3.8) is 0 Å². The van der Waals surface area contributed by atoms with Crippen molar-refractivity contribution in [2.45, 2.75) is 18.4 Å². The number of fused-ring (bicyclic) bond motifs is 3. The minimum atomic E-state index is -1.12. The van der Waals surface area contributed by atoms with Crippen LogP contribution in [0.5, 0.6) is 0 Å². The number of carbonyl (C=O) groups excluding carboxylic acids is 1. The van der Waals surface area contributed by atoms with Crippen LogP contribution in [-0.4, -0.2) is 29.8 Å². The highest BCUT2D eigenvalue weighted by molar-refractivity contribution is 5.81. The van der Waals surface area contributed by atoms with E-state index in [9.17, 15) is 9.59 Å². The number of hydrogen-bond donors (Lipinski definition) is 2. The third-order valence-electron chi connectivity index (χ3n) is 4.34. The lowest BCUT2D eigenvalue weighted by atomic mass is 9.98. The highest BCUT2D eigenvalue weighted by Gasteiger charge is 2.29. The Morgan fingerprint density at radius 3 is 2.20 bits per heavy atom. The molecule has 0 saturated heterocycles. The monoisotopic (exact) mass is 337 g/mol. The minimum Gasteiger partial charge on any atom is -0.480 e. The smallest absolute Gasteiger partial charge is 0.407 e. The Bertz CT molecular complexity index is 769. The SMILES string of the molecule is C=CCC(NC(=O)OCC1c2ccccc2-c2ccccc21)C(=O)O. The van der Waals surface area contributed by atoms with Gasteiger partial charge in [-0.3, -0.25) is 0 Å². The summed E-state index contributed by atoms with van der Waals surface area (Å²) >= 11 is 0. The van der Waals surface area contributed by atoms with E-state index in [0.29, 0.717) is 0 Å². The second-order valence-electron chi connectivity index (χ2n) is 5.89. The molecule has 0 aliphatic heterocycles. The quantitative estimate of drug-likeness (QED) is 0.790. The lowest BCUT2D eigenvalue weighted by molar-refractivity contribution is -0.139. The van der Waals surface area contributed by atoms with Crippen molar-refractivity contribution in [1.29, 1.82) is 0 Å². The first kappa shape index (κ1) is 16.8. The summed E-state index contributed by atoms with van der Waals surface area (Å²) in [5.41, 5.74) is 4.50. The first-order valence-electron chi connectivity index (χ1n) is 8.07. The molecule has 0 fully saturated rings. The summed E-state index contributed by atoms with van der Waals surface area (Å²) in [5.74, 6) is -1.17. The van der Waals surface area contributed by atoms with E-state index in [1.165, 1.54) is 6.08 Å². The van der Waals surface area contributed by atoms with E-state index >= 15 is 0 Å². The molecular formula is C20H19NO4.